The van der Waals surface area contributed by atoms with Crippen LogP contribution in [0.25, 0.3) is 0 Å². The largest absolute Gasteiger partial charge is 0.479 e. The number of thioether (sulfide) groups is 1. The number of halogens is 3. The van der Waals surface area contributed by atoms with Crippen LogP contribution in [0, 0.1) is 0 Å². The van der Waals surface area contributed by atoms with Gasteiger partial charge in [-0.05, 0) is 35.9 Å². The van der Waals surface area contributed by atoms with Crippen LogP contribution in [0.2, 0.25) is 0 Å². The van der Waals surface area contributed by atoms with E-state index in [1.54, 1.807) is 6.92 Å². The molecule has 0 aliphatic carbocycles. The molecule has 0 radical (unpaired) electrons. The summed E-state index contributed by atoms with van der Waals surface area (Å²) in [5, 5.41) is 9.22. The van der Waals surface area contributed by atoms with E-state index in [4.69, 9.17) is 0 Å². The normalized spacial score (nSPS) is 12.8. The Morgan fingerprint density at radius 1 is 1.38 bits per heavy atom. The number of aliphatic carboxylic acids is 1. The van der Waals surface area contributed by atoms with Crippen molar-refractivity contribution in [3.05, 3.63) is 29.8 Å². The summed E-state index contributed by atoms with van der Waals surface area (Å²) in [7, 11) is 0. The zero-order valence-electron chi connectivity index (χ0n) is 11.1. The highest BCUT2D eigenvalue weighted by atomic mass is 32.2. The summed E-state index contributed by atoms with van der Waals surface area (Å²) in [6, 6.07) is 3.77. The number of carbonyl (C=O) groups is 2. The van der Waals surface area contributed by atoms with Crippen LogP contribution in [-0.4, -0.2) is 34.4 Å². The first-order valence-electron chi connectivity index (χ1n) is 6.08. The van der Waals surface area contributed by atoms with E-state index in [2.05, 4.69) is 0 Å². The molecular weight excluding hydrogens is 307 g/mol. The molecule has 21 heavy (non-hydrogen) atoms. The maximum Gasteiger partial charge on any atom is 0.446 e. The molecular formula is C13H14F3NO3S. The maximum atomic E-state index is 12.2. The fourth-order valence-electron chi connectivity index (χ4n) is 1.83. The highest BCUT2D eigenvalue weighted by Gasteiger charge is 2.30. The third kappa shape index (κ3) is 5.30. The van der Waals surface area contributed by atoms with Crippen molar-refractivity contribution in [1.29, 1.82) is 0 Å². The molecule has 0 fully saturated rings. The molecule has 0 saturated heterocycles. The molecule has 0 heterocycles. The Balaban J connectivity index is 2.99. The van der Waals surface area contributed by atoms with Crippen molar-refractivity contribution >= 4 is 24.1 Å². The van der Waals surface area contributed by atoms with Gasteiger partial charge in [-0.25, -0.2) is 4.79 Å². The molecule has 116 valence electrons. The fourth-order valence-corrected chi connectivity index (χ4v) is 2.37. The average molecular weight is 321 g/mol. The molecule has 4 nitrogen and oxygen atoms in total. The van der Waals surface area contributed by atoms with Crippen LogP contribution in [0.15, 0.2) is 29.2 Å². The van der Waals surface area contributed by atoms with Crippen molar-refractivity contribution in [3.8, 4) is 0 Å². The Labute approximate surface area is 123 Å². The van der Waals surface area contributed by atoms with Gasteiger partial charge in [-0.15, -0.1) is 0 Å². The van der Waals surface area contributed by atoms with Crippen LogP contribution >= 0.6 is 11.8 Å². The van der Waals surface area contributed by atoms with E-state index in [-0.39, 0.29) is 28.8 Å². The maximum absolute atomic E-state index is 12.2. The molecule has 1 amide bonds. The van der Waals surface area contributed by atoms with Gasteiger partial charge in [0, 0.05) is 11.4 Å². The zero-order chi connectivity index (χ0) is 16.0. The van der Waals surface area contributed by atoms with Gasteiger partial charge < -0.3 is 10.0 Å². The van der Waals surface area contributed by atoms with E-state index >= 15 is 0 Å². The van der Waals surface area contributed by atoms with Crippen LogP contribution in [0.3, 0.4) is 0 Å². The second-order valence-electron chi connectivity index (χ2n) is 4.20. The second kappa shape index (κ2) is 7.35. The van der Waals surface area contributed by atoms with Crippen molar-refractivity contribution in [2.24, 2.45) is 0 Å². The number of carboxylic acids is 1. The van der Waals surface area contributed by atoms with Crippen LogP contribution in [0.5, 0.6) is 0 Å². The number of amides is 1. The standard InChI is InChI=1S/C13H14F3NO3S/c1-2-7-17(8-18)11(12(19)20)9-3-5-10(6-4-9)21-13(14,15)16/h3-6,8,11H,2,7H2,1H3,(H,19,20). The monoisotopic (exact) mass is 321 g/mol. The molecule has 0 aliphatic rings. The quantitative estimate of drug-likeness (QED) is 0.618. The van der Waals surface area contributed by atoms with Crippen molar-refractivity contribution in [2.45, 2.75) is 29.8 Å². The predicted octanol–water partition coefficient (Wildman–Crippen LogP) is 3.29. The summed E-state index contributed by atoms with van der Waals surface area (Å²) >= 11 is -0.277. The van der Waals surface area contributed by atoms with Crippen LogP contribution in [-0.2, 0) is 9.59 Å². The van der Waals surface area contributed by atoms with Crippen molar-refractivity contribution in [2.75, 3.05) is 6.54 Å². The van der Waals surface area contributed by atoms with Crippen molar-refractivity contribution in [1.82, 2.24) is 4.90 Å². The highest BCUT2D eigenvalue weighted by Crippen LogP contribution is 2.37. The molecule has 1 N–H and O–H groups in total. The summed E-state index contributed by atoms with van der Waals surface area (Å²) < 4.78 is 36.7. The highest BCUT2D eigenvalue weighted by molar-refractivity contribution is 8.00. The van der Waals surface area contributed by atoms with Crippen LogP contribution in [0.1, 0.15) is 24.9 Å². The van der Waals surface area contributed by atoms with Crippen molar-refractivity contribution in [3.63, 3.8) is 0 Å². The van der Waals surface area contributed by atoms with Gasteiger partial charge >= 0.3 is 11.5 Å². The van der Waals surface area contributed by atoms with Crippen LogP contribution < -0.4 is 0 Å². The lowest BCUT2D eigenvalue weighted by Crippen LogP contribution is -2.33. The number of nitrogens with zero attached hydrogens (tertiary/aromatic N) is 1. The van der Waals surface area contributed by atoms with Gasteiger partial charge in [0.25, 0.3) is 0 Å². The number of carbonyl (C=O) groups excluding carboxylic acids is 1. The summed E-state index contributed by atoms with van der Waals surface area (Å²) in [6.07, 6.45) is 1.01. The number of benzene rings is 1. The first kappa shape index (κ1) is 17.4. The number of alkyl halides is 3. The van der Waals surface area contributed by atoms with E-state index in [1.165, 1.54) is 24.3 Å². The Morgan fingerprint density at radius 2 is 1.95 bits per heavy atom. The Bertz CT molecular complexity index is 490. The Hall–Kier alpha value is -1.70. The first-order valence-corrected chi connectivity index (χ1v) is 6.89. The average Bonchev–Trinajstić information content (AvgIpc) is 2.38. The van der Waals surface area contributed by atoms with E-state index < -0.39 is 17.5 Å². The minimum Gasteiger partial charge on any atom is -0.479 e. The fraction of sp³-hybridized carbons (Fsp3) is 0.385. The molecule has 0 aromatic heterocycles. The molecule has 0 spiro atoms. The summed E-state index contributed by atoms with van der Waals surface area (Å²) in [5.74, 6) is -1.23. The lowest BCUT2D eigenvalue weighted by atomic mass is 10.1. The number of hydrogen-bond acceptors (Lipinski definition) is 3. The lowest BCUT2D eigenvalue weighted by molar-refractivity contribution is -0.146. The molecule has 1 aromatic carbocycles. The van der Waals surface area contributed by atoms with E-state index in [0.29, 0.717) is 12.8 Å². The SMILES string of the molecule is CCCN(C=O)C(C(=O)O)c1ccc(SC(F)(F)F)cc1. The van der Waals surface area contributed by atoms with Gasteiger partial charge in [0.1, 0.15) is 0 Å². The molecule has 1 atom stereocenters. The summed E-state index contributed by atoms with van der Waals surface area (Å²) in [4.78, 5) is 23.3. The van der Waals surface area contributed by atoms with Gasteiger partial charge in [0.05, 0.1) is 0 Å². The van der Waals surface area contributed by atoms with Gasteiger partial charge in [0.15, 0.2) is 6.04 Å². The van der Waals surface area contributed by atoms with Crippen LogP contribution in [0.4, 0.5) is 13.2 Å². The van der Waals surface area contributed by atoms with Crippen molar-refractivity contribution < 1.29 is 27.9 Å². The molecule has 8 heteroatoms. The van der Waals surface area contributed by atoms with Gasteiger partial charge in [-0.2, -0.15) is 13.2 Å². The Morgan fingerprint density at radius 3 is 2.33 bits per heavy atom. The Kier molecular flexibility index (Phi) is 6.07. The molecule has 0 bridgehead atoms. The van der Waals surface area contributed by atoms with Gasteiger partial charge in [-0.3, -0.25) is 4.79 Å². The van der Waals surface area contributed by atoms with Gasteiger partial charge in [-0.1, -0.05) is 19.1 Å². The lowest BCUT2D eigenvalue weighted by Gasteiger charge is -2.25. The number of hydrogen-bond donors (Lipinski definition) is 1. The first-order chi connectivity index (χ1) is 9.78. The number of rotatable bonds is 7. The predicted molar refractivity (Wildman–Crippen MR) is 71.8 cm³/mol. The van der Waals surface area contributed by atoms with E-state index in [1.807, 2.05) is 0 Å². The molecule has 1 aromatic rings. The molecule has 1 unspecified atom stereocenters. The molecule has 0 aliphatic heterocycles. The van der Waals surface area contributed by atoms with Gasteiger partial charge in [0.2, 0.25) is 6.41 Å². The minimum absolute atomic E-state index is 0.0384. The minimum atomic E-state index is -4.40. The summed E-state index contributed by atoms with van der Waals surface area (Å²) in [5.41, 5.74) is -4.14. The third-order valence-electron chi connectivity index (χ3n) is 2.61. The van der Waals surface area contributed by atoms with E-state index in [0.717, 1.165) is 4.90 Å². The topological polar surface area (TPSA) is 57.6 Å². The second-order valence-corrected chi connectivity index (χ2v) is 5.34. The third-order valence-corrected chi connectivity index (χ3v) is 3.35. The smallest absolute Gasteiger partial charge is 0.446 e. The molecule has 0 saturated carbocycles. The molecule has 1 rings (SSSR count). The zero-order valence-corrected chi connectivity index (χ0v) is 11.9. The van der Waals surface area contributed by atoms with E-state index in [9.17, 15) is 27.9 Å². The number of carboxylic acid groups (broad SMARTS) is 1. The summed E-state index contributed by atoms with van der Waals surface area (Å²) in [6.45, 7) is 2.04.